The maximum atomic E-state index is 10.4. The van der Waals surface area contributed by atoms with Crippen LogP contribution in [-0.4, -0.2) is 23.8 Å². The Kier molecular flexibility index (Phi) is 4.20. The van der Waals surface area contributed by atoms with Crippen molar-refractivity contribution in [1.29, 1.82) is 0 Å². The third-order valence-electron chi connectivity index (χ3n) is 3.35. The largest absolute Gasteiger partial charge is 0.388 e. The zero-order valence-electron chi connectivity index (χ0n) is 8.97. The van der Waals surface area contributed by atoms with Gasteiger partial charge in [0.05, 0.1) is 5.60 Å². The summed E-state index contributed by atoms with van der Waals surface area (Å²) in [7, 11) is 0. The van der Waals surface area contributed by atoms with Gasteiger partial charge in [0, 0.05) is 6.54 Å². The molecule has 0 heterocycles. The Morgan fingerprint density at radius 2 is 2.15 bits per heavy atom. The van der Waals surface area contributed by atoms with Crippen molar-refractivity contribution in [1.82, 2.24) is 5.32 Å². The van der Waals surface area contributed by atoms with Gasteiger partial charge in [-0.1, -0.05) is 33.1 Å². The van der Waals surface area contributed by atoms with Crippen LogP contribution in [0, 0.1) is 5.92 Å². The van der Waals surface area contributed by atoms with E-state index in [1.165, 1.54) is 19.3 Å². The molecule has 0 amide bonds. The summed E-state index contributed by atoms with van der Waals surface area (Å²) in [5.41, 5.74) is -0.414. The SMILES string of the molecule is CCNCC1(O)CCCCC1CC. The van der Waals surface area contributed by atoms with Gasteiger partial charge in [-0.15, -0.1) is 0 Å². The number of likely N-dealkylation sites (N-methyl/N-ethyl adjacent to an activating group) is 1. The molecule has 0 aromatic carbocycles. The Morgan fingerprint density at radius 1 is 1.38 bits per heavy atom. The molecule has 78 valence electrons. The van der Waals surface area contributed by atoms with Gasteiger partial charge in [-0.3, -0.25) is 0 Å². The molecule has 2 nitrogen and oxygen atoms in total. The van der Waals surface area contributed by atoms with E-state index in [0.29, 0.717) is 5.92 Å². The van der Waals surface area contributed by atoms with Crippen molar-refractivity contribution in [3.8, 4) is 0 Å². The van der Waals surface area contributed by atoms with Crippen molar-refractivity contribution in [2.75, 3.05) is 13.1 Å². The maximum Gasteiger partial charge on any atom is 0.0799 e. The molecule has 0 aliphatic heterocycles. The molecule has 13 heavy (non-hydrogen) atoms. The molecule has 0 spiro atoms. The summed E-state index contributed by atoms with van der Waals surface area (Å²) in [6.07, 6.45) is 5.80. The summed E-state index contributed by atoms with van der Waals surface area (Å²) >= 11 is 0. The summed E-state index contributed by atoms with van der Waals surface area (Å²) in [6.45, 7) is 6.01. The van der Waals surface area contributed by atoms with Crippen LogP contribution in [0.5, 0.6) is 0 Å². The molecule has 1 aliphatic carbocycles. The predicted octanol–water partition coefficient (Wildman–Crippen LogP) is 1.93. The van der Waals surface area contributed by atoms with Gasteiger partial charge in [0.25, 0.3) is 0 Å². The van der Waals surface area contributed by atoms with Crippen molar-refractivity contribution >= 4 is 0 Å². The highest BCUT2D eigenvalue weighted by molar-refractivity contribution is 4.90. The summed E-state index contributed by atoms with van der Waals surface area (Å²) in [5, 5.41) is 13.7. The van der Waals surface area contributed by atoms with Crippen LogP contribution in [0.15, 0.2) is 0 Å². The molecule has 1 saturated carbocycles. The average Bonchev–Trinajstić information content (AvgIpc) is 2.16. The van der Waals surface area contributed by atoms with Crippen molar-refractivity contribution in [3.63, 3.8) is 0 Å². The predicted molar refractivity (Wildman–Crippen MR) is 55.7 cm³/mol. The zero-order chi connectivity index (χ0) is 9.73. The molecule has 0 radical (unpaired) electrons. The Hall–Kier alpha value is -0.0800. The van der Waals surface area contributed by atoms with Gasteiger partial charge in [0.15, 0.2) is 0 Å². The minimum atomic E-state index is -0.414. The van der Waals surface area contributed by atoms with Gasteiger partial charge in [-0.2, -0.15) is 0 Å². The van der Waals surface area contributed by atoms with E-state index < -0.39 is 5.60 Å². The Morgan fingerprint density at radius 3 is 2.77 bits per heavy atom. The molecule has 1 rings (SSSR count). The second-order valence-electron chi connectivity index (χ2n) is 4.23. The van der Waals surface area contributed by atoms with Crippen molar-refractivity contribution < 1.29 is 5.11 Å². The zero-order valence-corrected chi connectivity index (χ0v) is 8.97. The fraction of sp³-hybridized carbons (Fsp3) is 1.00. The van der Waals surface area contributed by atoms with E-state index in [1.807, 2.05) is 0 Å². The molecule has 0 bridgehead atoms. The molecular weight excluding hydrogens is 162 g/mol. The van der Waals surface area contributed by atoms with E-state index in [1.54, 1.807) is 0 Å². The van der Waals surface area contributed by atoms with E-state index in [-0.39, 0.29) is 0 Å². The monoisotopic (exact) mass is 185 g/mol. The topological polar surface area (TPSA) is 32.3 Å². The van der Waals surface area contributed by atoms with E-state index in [2.05, 4.69) is 19.2 Å². The first kappa shape index (κ1) is 11.0. The van der Waals surface area contributed by atoms with Gasteiger partial charge < -0.3 is 10.4 Å². The van der Waals surface area contributed by atoms with E-state index >= 15 is 0 Å². The number of rotatable bonds is 4. The molecule has 2 heteroatoms. The third kappa shape index (κ3) is 2.68. The highest BCUT2D eigenvalue weighted by Crippen LogP contribution is 2.35. The lowest BCUT2D eigenvalue weighted by Gasteiger charge is -2.39. The van der Waals surface area contributed by atoms with Gasteiger partial charge in [0.2, 0.25) is 0 Å². The van der Waals surface area contributed by atoms with Crippen LogP contribution in [0.25, 0.3) is 0 Å². The molecular formula is C11H23NO. The molecule has 2 N–H and O–H groups in total. The number of nitrogens with one attached hydrogen (secondary N) is 1. The van der Waals surface area contributed by atoms with Crippen LogP contribution in [0.2, 0.25) is 0 Å². The van der Waals surface area contributed by atoms with Crippen LogP contribution in [0.4, 0.5) is 0 Å². The van der Waals surface area contributed by atoms with Crippen molar-refractivity contribution in [3.05, 3.63) is 0 Å². The lowest BCUT2D eigenvalue weighted by Crippen LogP contribution is -2.48. The Labute approximate surface area is 81.7 Å². The smallest absolute Gasteiger partial charge is 0.0799 e. The molecule has 2 atom stereocenters. The van der Waals surface area contributed by atoms with Crippen molar-refractivity contribution in [2.45, 2.75) is 51.6 Å². The highest BCUT2D eigenvalue weighted by Gasteiger charge is 2.36. The van der Waals surface area contributed by atoms with Gasteiger partial charge in [-0.05, 0) is 25.3 Å². The quantitative estimate of drug-likeness (QED) is 0.701. The molecule has 2 unspecified atom stereocenters. The Balaban J connectivity index is 2.49. The lowest BCUT2D eigenvalue weighted by atomic mass is 9.74. The Bertz CT molecular complexity index is 149. The first-order valence-electron chi connectivity index (χ1n) is 5.66. The van der Waals surface area contributed by atoms with Crippen LogP contribution in [-0.2, 0) is 0 Å². The second kappa shape index (κ2) is 4.97. The summed E-state index contributed by atoms with van der Waals surface area (Å²) in [5.74, 6) is 0.514. The summed E-state index contributed by atoms with van der Waals surface area (Å²) in [4.78, 5) is 0. The van der Waals surface area contributed by atoms with E-state index in [0.717, 1.165) is 25.9 Å². The molecule has 1 fully saturated rings. The maximum absolute atomic E-state index is 10.4. The number of hydrogen-bond acceptors (Lipinski definition) is 2. The van der Waals surface area contributed by atoms with E-state index in [9.17, 15) is 5.11 Å². The summed E-state index contributed by atoms with van der Waals surface area (Å²) in [6, 6.07) is 0. The molecule has 0 aromatic rings. The van der Waals surface area contributed by atoms with Crippen LogP contribution in [0.3, 0.4) is 0 Å². The van der Waals surface area contributed by atoms with Crippen LogP contribution >= 0.6 is 0 Å². The van der Waals surface area contributed by atoms with E-state index in [4.69, 9.17) is 0 Å². The van der Waals surface area contributed by atoms with Gasteiger partial charge >= 0.3 is 0 Å². The fourth-order valence-electron chi connectivity index (χ4n) is 2.45. The fourth-order valence-corrected chi connectivity index (χ4v) is 2.45. The standard InChI is InChI=1S/C11H23NO/c1-3-10-7-5-6-8-11(10,13)9-12-4-2/h10,12-13H,3-9H2,1-2H3. The average molecular weight is 185 g/mol. The molecule has 0 aromatic heterocycles. The van der Waals surface area contributed by atoms with Crippen LogP contribution < -0.4 is 5.32 Å². The van der Waals surface area contributed by atoms with Gasteiger partial charge in [0.1, 0.15) is 0 Å². The first-order valence-corrected chi connectivity index (χ1v) is 5.66. The third-order valence-corrected chi connectivity index (χ3v) is 3.35. The summed E-state index contributed by atoms with van der Waals surface area (Å²) < 4.78 is 0. The second-order valence-corrected chi connectivity index (χ2v) is 4.23. The normalized spacial score (nSPS) is 34.8. The number of hydrogen-bond donors (Lipinski definition) is 2. The van der Waals surface area contributed by atoms with Crippen LogP contribution in [0.1, 0.15) is 46.0 Å². The lowest BCUT2D eigenvalue weighted by molar-refractivity contribution is -0.0475. The highest BCUT2D eigenvalue weighted by atomic mass is 16.3. The first-order chi connectivity index (χ1) is 6.23. The van der Waals surface area contributed by atoms with Crippen molar-refractivity contribution in [2.24, 2.45) is 5.92 Å². The molecule has 1 aliphatic rings. The molecule has 0 saturated heterocycles. The minimum absolute atomic E-state index is 0.414. The number of aliphatic hydroxyl groups is 1. The minimum Gasteiger partial charge on any atom is -0.388 e. The van der Waals surface area contributed by atoms with Gasteiger partial charge in [-0.25, -0.2) is 0 Å².